The molecule has 0 bridgehead atoms. The molecule has 0 unspecified atom stereocenters. The highest BCUT2D eigenvalue weighted by molar-refractivity contribution is 4.65. The van der Waals surface area contributed by atoms with Crippen molar-refractivity contribution in [3.63, 3.8) is 0 Å². The number of aryl methyl sites for hydroxylation is 2. The number of unbranched alkanes of at least 4 members (excludes halogenated alkanes) is 1. The Balaban J connectivity index is 0.000000364. The zero-order valence-electron chi connectivity index (χ0n) is 8.46. The van der Waals surface area contributed by atoms with Crippen LogP contribution in [0.1, 0.15) is 19.8 Å². The largest absolute Gasteiger partial charge is 0.379 e. The van der Waals surface area contributed by atoms with Gasteiger partial charge in [0.1, 0.15) is 12.4 Å². The summed E-state index contributed by atoms with van der Waals surface area (Å²) in [5.41, 5.74) is 0. The van der Waals surface area contributed by atoms with Crippen molar-refractivity contribution in [2.75, 3.05) is 0 Å². The van der Waals surface area contributed by atoms with Crippen LogP contribution in [0.25, 0.3) is 0 Å². The minimum absolute atomic E-state index is 1.15. The normalized spacial score (nSPS) is 9.86. The average Bonchev–Trinajstić information content (AvgIpc) is 2.47. The van der Waals surface area contributed by atoms with Crippen LogP contribution in [0.2, 0.25) is 0 Å². The van der Waals surface area contributed by atoms with Gasteiger partial charge in [0.25, 0.3) is 0 Å². The molecule has 0 aliphatic rings. The highest BCUT2D eigenvalue weighted by atomic mass is 19.4. The first kappa shape index (κ1) is 13.0. The lowest BCUT2D eigenvalue weighted by Crippen LogP contribution is -2.23. The molecule has 1 aromatic heterocycles. The van der Waals surface area contributed by atoms with E-state index in [0.717, 1.165) is 6.54 Å². The highest BCUT2D eigenvalue weighted by Gasteiger charge is 1.96. The molecule has 1 rings (SSSR count). The quantitative estimate of drug-likeness (QED) is 0.675. The van der Waals surface area contributed by atoms with E-state index in [4.69, 9.17) is 0 Å². The number of hydrogen-bond donors (Lipinski definition) is 0. The number of imidazole rings is 1. The zero-order chi connectivity index (χ0) is 11.0. The zero-order valence-corrected chi connectivity index (χ0v) is 8.46. The Bertz CT molecular complexity index is 233. The molecule has 0 N–H and O–H groups in total. The number of halogens is 3. The van der Waals surface area contributed by atoms with E-state index in [1.54, 1.807) is 0 Å². The molecule has 5 heteroatoms. The molecule has 1 heterocycles. The Morgan fingerprint density at radius 3 is 2.29 bits per heavy atom. The molecule has 0 radical (unpaired) electrons. The number of alkyl halides is 3. The molecule has 0 aromatic carbocycles. The van der Waals surface area contributed by atoms with Crippen LogP contribution in [0.4, 0.5) is 13.2 Å². The lowest BCUT2D eigenvalue weighted by Gasteiger charge is -1.90. The van der Waals surface area contributed by atoms with Gasteiger partial charge in [0, 0.05) is 0 Å². The predicted molar refractivity (Wildman–Crippen MR) is 47.6 cm³/mol. The van der Waals surface area contributed by atoms with Crippen molar-refractivity contribution in [2.45, 2.75) is 33.0 Å². The smallest absolute Gasteiger partial charge is 0.240 e. The summed E-state index contributed by atoms with van der Waals surface area (Å²) in [6, 6.07) is 0. The minimum atomic E-state index is -3.67. The fraction of sp³-hybridized carbons (Fsp3) is 0.667. The molecule has 0 fully saturated rings. The molecular weight excluding hydrogens is 193 g/mol. The first-order valence-corrected chi connectivity index (χ1v) is 4.49. The SMILES string of the molecule is CCCCn1cc[n+](C)c1.FC(F)F. The van der Waals surface area contributed by atoms with E-state index in [9.17, 15) is 13.2 Å². The molecule has 0 aliphatic carbocycles. The second-order valence-corrected chi connectivity index (χ2v) is 2.92. The maximum atomic E-state index is 9.67. The molecule has 0 amide bonds. The first-order valence-electron chi connectivity index (χ1n) is 4.49. The van der Waals surface area contributed by atoms with E-state index in [2.05, 4.69) is 34.8 Å². The topological polar surface area (TPSA) is 8.81 Å². The highest BCUT2D eigenvalue weighted by Crippen LogP contribution is 1.91. The first-order chi connectivity index (χ1) is 6.56. The summed E-state index contributed by atoms with van der Waals surface area (Å²) in [5.74, 6) is 0. The number of hydrogen-bond acceptors (Lipinski definition) is 0. The standard InChI is InChI=1S/C8H15N2.CHF3/c1-3-4-5-10-7-6-9(2)8-10;2-1(3)4/h6-8H,3-5H2,1-2H3;1H/q+1;. The molecule has 2 nitrogen and oxygen atoms in total. The lowest BCUT2D eigenvalue weighted by molar-refractivity contribution is -0.671. The Morgan fingerprint density at radius 2 is 1.93 bits per heavy atom. The van der Waals surface area contributed by atoms with E-state index in [1.807, 2.05) is 7.05 Å². The maximum absolute atomic E-state index is 9.67. The van der Waals surface area contributed by atoms with Crippen LogP contribution in [-0.2, 0) is 13.6 Å². The van der Waals surface area contributed by atoms with Gasteiger partial charge in [-0.25, -0.2) is 9.13 Å². The van der Waals surface area contributed by atoms with Gasteiger partial charge in [-0.15, -0.1) is 0 Å². The average molecular weight is 209 g/mol. The Labute approximate surface area is 82.0 Å². The summed E-state index contributed by atoms with van der Waals surface area (Å²) < 4.78 is 33.3. The summed E-state index contributed by atoms with van der Waals surface area (Å²) >= 11 is 0. The summed E-state index contributed by atoms with van der Waals surface area (Å²) in [4.78, 5) is 0. The van der Waals surface area contributed by atoms with Crippen LogP contribution in [-0.4, -0.2) is 11.2 Å². The van der Waals surface area contributed by atoms with Gasteiger partial charge in [0.15, 0.2) is 0 Å². The molecule has 0 atom stereocenters. The molecule has 82 valence electrons. The monoisotopic (exact) mass is 209 g/mol. The Hall–Kier alpha value is -1.00. The van der Waals surface area contributed by atoms with Crippen LogP contribution in [0, 0.1) is 0 Å². The van der Waals surface area contributed by atoms with Gasteiger partial charge in [-0.2, -0.15) is 13.2 Å². The van der Waals surface area contributed by atoms with Gasteiger partial charge in [-0.3, -0.25) is 0 Å². The fourth-order valence-electron chi connectivity index (χ4n) is 0.975. The summed E-state index contributed by atoms with van der Waals surface area (Å²) in [5, 5.41) is 0. The maximum Gasteiger partial charge on any atom is 0.379 e. The van der Waals surface area contributed by atoms with Crippen molar-refractivity contribution in [1.82, 2.24) is 4.57 Å². The van der Waals surface area contributed by atoms with E-state index in [0.29, 0.717) is 0 Å². The molecule has 0 saturated heterocycles. The van der Waals surface area contributed by atoms with Gasteiger partial charge in [-0.1, -0.05) is 13.3 Å². The molecule has 1 aromatic rings. The molecule has 0 aliphatic heterocycles. The third-order valence-electron chi connectivity index (χ3n) is 1.59. The van der Waals surface area contributed by atoms with Crippen molar-refractivity contribution in [3.05, 3.63) is 18.7 Å². The minimum Gasteiger partial charge on any atom is -0.240 e. The van der Waals surface area contributed by atoms with Crippen molar-refractivity contribution in [1.29, 1.82) is 0 Å². The second kappa shape index (κ2) is 7.41. The van der Waals surface area contributed by atoms with Crippen LogP contribution >= 0.6 is 0 Å². The molecule has 0 saturated carbocycles. The van der Waals surface area contributed by atoms with E-state index in [-0.39, 0.29) is 0 Å². The van der Waals surface area contributed by atoms with Crippen LogP contribution in [0.3, 0.4) is 0 Å². The van der Waals surface area contributed by atoms with Crippen LogP contribution in [0.5, 0.6) is 0 Å². The lowest BCUT2D eigenvalue weighted by atomic mass is 10.3. The van der Waals surface area contributed by atoms with Gasteiger partial charge >= 0.3 is 6.68 Å². The predicted octanol–water partition coefficient (Wildman–Crippen LogP) is 2.29. The summed E-state index contributed by atoms with van der Waals surface area (Å²) in [6.07, 6.45) is 8.82. The molecule has 0 spiro atoms. The third kappa shape index (κ3) is 7.64. The van der Waals surface area contributed by atoms with Crippen LogP contribution < -0.4 is 4.57 Å². The molecular formula is C9H16F3N2+. The van der Waals surface area contributed by atoms with Crippen molar-refractivity contribution < 1.29 is 17.7 Å². The van der Waals surface area contributed by atoms with Gasteiger partial charge in [-0.05, 0) is 6.42 Å². The van der Waals surface area contributed by atoms with Gasteiger partial charge in [0.05, 0.1) is 13.6 Å². The fourth-order valence-corrected chi connectivity index (χ4v) is 0.975. The second-order valence-electron chi connectivity index (χ2n) is 2.92. The van der Waals surface area contributed by atoms with Crippen molar-refractivity contribution >= 4 is 0 Å². The number of aromatic nitrogens is 2. The van der Waals surface area contributed by atoms with Crippen LogP contribution in [0.15, 0.2) is 18.7 Å². The summed E-state index contributed by atoms with van der Waals surface area (Å²) in [6.45, 7) is -0.305. The van der Waals surface area contributed by atoms with E-state index >= 15 is 0 Å². The van der Waals surface area contributed by atoms with E-state index in [1.165, 1.54) is 12.8 Å². The number of rotatable bonds is 3. The molecule has 14 heavy (non-hydrogen) atoms. The Morgan fingerprint density at radius 1 is 1.36 bits per heavy atom. The number of nitrogens with zero attached hydrogens (tertiary/aromatic N) is 2. The van der Waals surface area contributed by atoms with E-state index < -0.39 is 6.68 Å². The Kier molecular flexibility index (Phi) is 6.88. The van der Waals surface area contributed by atoms with Crippen molar-refractivity contribution in [3.8, 4) is 0 Å². The van der Waals surface area contributed by atoms with Crippen molar-refractivity contribution in [2.24, 2.45) is 7.05 Å². The summed E-state index contributed by atoms with van der Waals surface area (Å²) in [7, 11) is 2.04. The van der Waals surface area contributed by atoms with Gasteiger partial charge < -0.3 is 0 Å². The van der Waals surface area contributed by atoms with Gasteiger partial charge in [0.2, 0.25) is 6.33 Å². The third-order valence-corrected chi connectivity index (χ3v) is 1.59.